The largest absolute Gasteiger partial charge is 0.496 e. The maximum Gasteiger partial charge on any atom is 0.259 e. The van der Waals surface area contributed by atoms with Gasteiger partial charge in [0.15, 0.2) is 0 Å². The van der Waals surface area contributed by atoms with E-state index in [4.69, 9.17) is 4.74 Å². The molecule has 1 heterocycles. The highest BCUT2D eigenvalue weighted by Gasteiger charge is 2.24. The first-order chi connectivity index (χ1) is 12.3. The molecule has 0 bridgehead atoms. The van der Waals surface area contributed by atoms with Crippen molar-refractivity contribution in [3.05, 3.63) is 52.8 Å². The number of H-pyrrole nitrogens is 1. The molecule has 0 aliphatic heterocycles. The third kappa shape index (κ3) is 3.31. The Morgan fingerprint density at radius 1 is 1.12 bits per heavy atom. The van der Waals surface area contributed by atoms with Crippen LogP contribution in [0.25, 0.3) is 22.3 Å². The van der Waals surface area contributed by atoms with Gasteiger partial charge in [-0.15, -0.1) is 0 Å². The molecule has 0 atom stereocenters. The molecule has 26 heavy (non-hydrogen) atoms. The van der Waals surface area contributed by atoms with Gasteiger partial charge in [-0.05, 0) is 24.3 Å². The van der Waals surface area contributed by atoms with E-state index in [0.29, 0.717) is 33.7 Å². The van der Waals surface area contributed by atoms with Gasteiger partial charge in [0.1, 0.15) is 11.6 Å². The normalized spacial score (nSPS) is 11.4. The van der Waals surface area contributed by atoms with E-state index in [9.17, 15) is 9.59 Å². The van der Waals surface area contributed by atoms with Crippen LogP contribution in [0.1, 0.15) is 20.8 Å². The average Bonchev–Trinajstić information content (AvgIpc) is 2.60. The highest BCUT2D eigenvalue weighted by atomic mass is 16.5. The number of ether oxygens (including phenoxy) is 1. The SMILES string of the molecule is COc1cccc(NC(=O)C(C)(C)C)c1-c1nc2ccccc2c(=O)[nH]1. The Labute approximate surface area is 151 Å². The zero-order valence-corrected chi connectivity index (χ0v) is 15.2. The lowest BCUT2D eigenvalue weighted by atomic mass is 9.95. The van der Waals surface area contributed by atoms with E-state index in [-0.39, 0.29) is 11.5 Å². The summed E-state index contributed by atoms with van der Waals surface area (Å²) in [6, 6.07) is 12.4. The van der Waals surface area contributed by atoms with Crippen molar-refractivity contribution in [1.29, 1.82) is 0 Å². The standard InChI is InChI=1S/C20H21N3O3/c1-20(2,3)19(25)22-14-10-7-11-15(26-4)16(14)17-21-13-9-6-5-8-12(13)18(24)23-17/h5-11H,1-4H3,(H,22,25)(H,21,23,24). The molecule has 0 spiro atoms. The second-order valence-electron chi connectivity index (χ2n) is 7.02. The Morgan fingerprint density at radius 3 is 2.54 bits per heavy atom. The summed E-state index contributed by atoms with van der Waals surface area (Å²) in [5, 5.41) is 3.42. The molecule has 2 N–H and O–H groups in total. The number of methoxy groups -OCH3 is 1. The number of aromatic nitrogens is 2. The molecule has 0 unspecified atom stereocenters. The fraction of sp³-hybridized carbons (Fsp3) is 0.250. The van der Waals surface area contributed by atoms with Crippen LogP contribution in [0.2, 0.25) is 0 Å². The minimum absolute atomic E-state index is 0.143. The van der Waals surface area contributed by atoms with Crippen molar-refractivity contribution >= 4 is 22.5 Å². The molecular formula is C20H21N3O3. The van der Waals surface area contributed by atoms with E-state index in [1.165, 1.54) is 7.11 Å². The lowest BCUT2D eigenvalue weighted by molar-refractivity contribution is -0.123. The number of para-hydroxylation sites is 1. The van der Waals surface area contributed by atoms with Gasteiger partial charge in [-0.1, -0.05) is 39.0 Å². The summed E-state index contributed by atoms with van der Waals surface area (Å²) in [6.45, 7) is 5.50. The van der Waals surface area contributed by atoms with Crippen LogP contribution in [0.4, 0.5) is 5.69 Å². The van der Waals surface area contributed by atoms with Gasteiger partial charge in [-0.25, -0.2) is 4.98 Å². The van der Waals surface area contributed by atoms with Crippen molar-refractivity contribution in [2.75, 3.05) is 12.4 Å². The van der Waals surface area contributed by atoms with Crippen molar-refractivity contribution in [2.45, 2.75) is 20.8 Å². The topological polar surface area (TPSA) is 84.1 Å². The number of hydrogen-bond donors (Lipinski definition) is 2. The fourth-order valence-corrected chi connectivity index (χ4v) is 2.56. The minimum Gasteiger partial charge on any atom is -0.496 e. The first-order valence-corrected chi connectivity index (χ1v) is 8.29. The molecule has 3 rings (SSSR count). The molecule has 0 aliphatic carbocycles. The molecule has 0 saturated carbocycles. The van der Waals surface area contributed by atoms with Crippen molar-refractivity contribution in [1.82, 2.24) is 9.97 Å². The third-order valence-corrected chi connectivity index (χ3v) is 4.03. The van der Waals surface area contributed by atoms with Gasteiger partial charge in [-0.2, -0.15) is 0 Å². The Morgan fingerprint density at radius 2 is 1.85 bits per heavy atom. The van der Waals surface area contributed by atoms with Crippen molar-refractivity contribution in [3.63, 3.8) is 0 Å². The number of benzene rings is 2. The van der Waals surface area contributed by atoms with Crippen LogP contribution in [0.3, 0.4) is 0 Å². The maximum absolute atomic E-state index is 12.5. The Bertz CT molecular complexity index is 1030. The molecule has 0 aliphatic rings. The number of fused-ring (bicyclic) bond motifs is 1. The number of anilines is 1. The molecular weight excluding hydrogens is 330 g/mol. The van der Waals surface area contributed by atoms with Crippen molar-refractivity contribution < 1.29 is 9.53 Å². The first kappa shape index (κ1) is 17.7. The number of carbonyl (C=O) groups excluding carboxylic acids is 1. The first-order valence-electron chi connectivity index (χ1n) is 8.29. The zero-order chi connectivity index (χ0) is 18.9. The molecule has 134 valence electrons. The Balaban J connectivity index is 2.21. The number of carbonyl (C=O) groups is 1. The number of nitrogens with zero attached hydrogens (tertiary/aromatic N) is 1. The van der Waals surface area contributed by atoms with Crippen LogP contribution >= 0.6 is 0 Å². The number of nitrogens with one attached hydrogen (secondary N) is 2. The number of hydrogen-bond acceptors (Lipinski definition) is 4. The fourth-order valence-electron chi connectivity index (χ4n) is 2.56. The molecule has 1 amide bonds. The quantitative estimate of drug-likeness (QED) is 0.755. The van der Waals surface area contributed by atoms with E-state index in [1.54, 1.807) is 36.4 Å². The second kappa shape index (κ2) is 6.63. The van der Waals surface area contributed by atoms with Gasteiger partial charge in [-0.3, -0.25) is 9.59 Å². The van der Waals surface area contributed by atoms with E-state index < -0.39 is 5.41 Å². The summed E-state index contributed by atoms with van der Waals surface area (Å²) in [5.41, 5.74) is 0.831. The molecule has 6 nitrogen and oxygen atoms in total. The highest BCUT2D eigenvalue weighted by molar-refractivity contribution is 5.99. The number of aromatic amines is 1. The average molecular weight is 351 g/mol. The summed E-state index contributed by atoms with van der Waals surface area (Å²) in [5.74, 6) is 0.709. The molecule has 1 aromatic heterocycles. The van der Waals surface area contributed by atoms with Gasteiger partial charge in [0.05, 0.1) is 29.3 Å². The van der Waals surface area contributed by atoms with Gasteiger partial charge in [0.2, 0.25) is 5.91 Å². The van der Waals surface area contributed by atoms with Crippen LogP contribution in [0.15, 0.2) is 47.3 Å². The molecule has 6 heteroatoms. The smallest absolute Gasteiger partial charge is 0.259 e. The highest BCUT2D eigenvalue weighted by Crippen LogP contribution is 2.35. The van der Waals surface area contributed by atoms with E-state index in [1.807, 2.05) is 26.8 Å². The molecule has 0 saturated heterocycles. The monoisotopic (exact) mass is 351 g/mol. The van der Waals surface area contributed by atoms with Crippen LogP contribution in [0.5, 0.6) is 5.75 Å². The predicted octanol–water partition coefficient (Wildman–Crippen LogP) is 3.58. The summed E-state index contributed by atoms with van der Waals surface area (Å²) in [6.07, 6.45) is 0. The van der Waals surface area contributed by atoms with Gasteiger partial charge >= 0.3 is 0 Å². The van der Waals surface area contributed by atoms with Gasteiger partial charge < -0.3 is 15.0 Å². The van der Waals surface area contributed by atoms with Crippen LogP contribution in [-0.2, 0) is 4.79 Å². The lowest BCUT2D eigenvalue weighted by Gasteiger charge is -2.20. The lowest BCUT2D eigenvalue weighted by Crippen LogP contribution is -2.28. The van der Waals surface area contributed by atoms with E-state index >= 15 is 0 Å². The van der Waals surface area contributed by atoms with Crippen LogP contribution < -0.4 is 15.6 Å². The van der Waals surface area contributed by atoms with E-state index in [0.717, 1.165) is 0 Å². The third-order valence-electron chi connectivity index (χ3n) is 4.03. The predicted molar refractivity (Wildman–Crippen MR) is 102 cm³/mol. The van der Waals surface area contributed by atoms with E-state index in [2.05, 4.69) is 15.3 Å². The molecule has 2 aromatic carbocycles. The minimum atomic E-state index is -0.565. The summed E-state index contributed by atoms with van der Waals surface area (Å²) < 4.78 is 5.45. The second-order valence-corrected chi connectivity index (χ2v) is 7.02. The zero-order valence-electron chi connectivity index (χ0n) is 15.2. The Hall–Kier alpha value is -3.15. The van der Waals surface area contributed by atoms with Gasteiger partial charge in [0, 0.05) is 5.41 Å². The Kier molecular flexibility index (Phi) is 4.50. The molecule has 0 fully saturated rings. The number of rotatable bonds is 3. The molecule has 0 radical (unpaired) electrons. The molecule has 3 aromatic rings. The van der Waals surface area contributed by atoms with Crippen LogP contribution in [0, 0.1) is 5.41 Å². The summed E-state index contributed by atoms with van der Waals surface area (Å²) in [7, 11) is 1.54. The number of amides is 1. The van der Waals surface area contributed by atoms with Crippen molar-refractivity contribution in [2.24, 2.45) is 5.41 Å². The summed E-state index contributed by atoms with van der Waals surface area (Å²) in [4.78, 5) is 32.2. The van der Waals surface area contributed by atoms with Crippen molar-refractivity contribution in [3.8, 4) is 17.1 Å². The summed E-state index contributed by atoms with van der Waals surface area (Å²) >= 11 is 0. The van der Waals surface area contributed by atoms with Gasteiger partial charge in [0.25, 0.3) is 5.56 Å². The maximum atomic E-state index is 12.5. The van der Waals surface area contributed by atoms with Crippen LogP contribution in [-0.4, -0.2) is 23.0 Å².